The van der Waals surface area contributed by atoms with Crippen molar-refractivity contribution in [3.05, 3.63) is 17.5 Å². The van der Waals surface area contributed by atoms with Crippen molar-refractivity contribution in [3.8, 4) is 0 Å². The first-order valence-electron chi connectivity index (χ1n) is 5.15. The van der Waals surface area contributed by atoms with Crippen LogP contribution < -0.4 is 5.32 Å². The molecule has 1 aromatic heterocycles. The zero-order valence-electron chi connectivity index (χ0n) is 8.36. The largest absolute Gasteiger partial charge is 0.391 e. The van der Waals surface area contributed by atoms with Gasteiger partial charge in [-0.2, -0.15) is 0 Å². The first-order valence-corrected chi connectivity index (χ1v) is 5.53. The summed E-state index contributed by atoms with van der Waals surface area (Å²) in [5, 5.41) is 13.2. The predicted molar refractivity (Wildman–Crippen MR) is 58.9 cm³/mol. The van der Waals surface area contributed by atoms with Crippen LogP contribution in [-0.4, -0.2) is 27.7 Å². The van der Waals surface area contributed by atoms with E-state index in [1.54, 1.807) is 6.07 Å². The molecule has 1 saturated carbocycles. The molecule has 0 aromatic carbocycles. The number of aromatic nitrogens is 2. The minimum absolute atomic E-state index is 0.285. The molecule has 1 fully saturated rings. The second kappa shape index (κ2) is 4.77. The Labute approximate surface area is 93.7 Å². The van der Waals surface area contributed by atoms with Gasteiger partial charge in [-0.15, -0.1) is 0 Å². The van der Waals surface area contributed by atoms with Gasteiger partial charge in [-0.1, -0.05) is 18.0 Å². The highest BCUT2D eigenvalue weighted by atomic mass is 35.5. The minimum atomic E-state index is -0.285. The number of hydrogen-bond donors (Lipinski definition) is 2. The van der Waals surface area contributed by atoms with Crippen molar-refractivity contribution < 1.29 is 5.11 Å². The first-order chi connectivity index (χ1) is 7.25. The van der Waals surface area contributed by atoms with E-state index < -0.39 is 0 Å². The zero-order chi connectivity index (χ0) is 10.7. The number of nitrogens with one attached hydrogen (secondary N) is 1. The Hall–Kier alpha value is -0.870. The molecule has 0 aliphatic heterocycles. The molecule has 1 atom stereocenters. The molecule has 2 N–H and O–H groups in total. The number of aliphatic hydroxyl groups is 1. The normalized spacial score (nSPS) is 18.3. The molecule has 0 radical (unpaired) electrons. The van der Waals surface area contributed by atoms with Crippen molar-refractivity contribution in [2.45, 2.75) is 25.4 Å². The topological polar surface area (TPSA) is 58.0 Å². The molecule has 0 bridgehead atoms. The summed E-state index contributed by atoms with van der Waals surface area (Å²) in [5.74, 6) is 1.11. The standard InChI is InChI=1S/C10H14ClN3O/c11-9-4-10(14-6-13-9)12-5-8(15)7-2-1-3-7/h4,6-8,15H,1-3,5H2,(H,12,13,14). The van der Waals surface area contributed by atoms with Gasteiger partial charge in [0.2, 0.25) is 0 Å². The molecule has 5 heteroatoms. The van der Waals surface area contributed by atoms with Gasteiger partial charge in [0.15, 0.2) is 0 Å². The van der Waals surface area contributed by atoms with Crippen molar-refractivity contribution in [1.29, 1.82) is 0 Å². The molecule has 1 aliphatic carbocycles. The summed E-state index contributed by atoms with van der Waals surface area (Å²) in [6, 6.07) is 1.65. The second-order valence-electron chi connectivity index (χ2n) is 3.87. The molecular weight excluding hydrogens is 214 g/mol. The van der Waals surface area contributed by atoms with Crippen LogP contribution in [-0.2, 0) is 0 Å². The van der Waals surface area contributed by atoms with Crippen LogP contribution in [0.4, 0.5) is 5.82 Å². The van der Waals surface area contributed by atoms with Gasteiger partial charge in [0, 0.05) is 12.6 Å². The SMILES string of the molecule is OC(CNc1cc(Cl)ncn1)C1CCC1. The molecule has 1 aromatic rings. The van der Waals surface area contributed by atoms with E-state index in [2.05, 4.69) is 15.3 Å². The van der Waals surface area contributed by atoms with E-state index in [9.17, 15) is 5.11 Å². The Morgan fingerprint density at radius 1 is 1.53 bits per heavy atom. The fourth-order valence-corrected chi connectivity index (χ4v) is 1.78. The number of rotatable bonds is 4. The molecule has 15 heavy (non-hydrogen) atoms. The van der Waals surface area contributed by atoms with E-state index in [4.69, 9.17) is 11.6 Å². The highest BCUT2D eigenvalue weighted by Gasteiger charge is 2.25. The molecule has 0 saturated heterocycles. The lowest BCUT2D eigenvalue weighted by Crippen LogP contribution is -2.32. The summed E-state index contributed by atoms with van der Waals surface area (Å²) in [5.41, 5.74) is 0. The van der Waals surface area contributed by atoms with E-state index >= 15 is 0 Å². The molecule has 1 aliphatic rings. The molecule has 1 unspecified atom stereocenters. The number of hydrogen-bond acceptors (Lipinski definition) is 4. The lowest BCUT2D eigenvalue weighted by atomic mass is 9.81. The van der Waals surface area contributed by atoms with Crippen LogP contribution in [0.15, 0.2) is 12.4 Å². The maximum atomic E-state index is 9.76. The van der Waals surface area contributed by atoms with E-state index in [1.165, 1.54) is 12.7 Å². The van der Waals surface area contributed by atoms with Gasteiger partial charge in [0.05, 0.1) is 6.10 Å². The van der Waals surface area contributed by atoms with Gasteiger partial charge < -0.3 is 10.4 Å². The fraction of sp³-hybridized carbons (Fsp3) is 0.600. The minimum Gasteiger partial charge on any atom is -0.391 e. The average Bonchev–Trinajstić information content (AvgIpc) is 2.12. The number of anilines is 1. The van der Waals surface area contributed by atoms with Crippen LogP contribution in [0.2, 0.25) is 5.15 Å². The Bertz CT molecular complexity index is 330. The quantitative estimate of drug-likeness (QED) is 0.769. The Balaban J connectivity index is 1.81. The second-order valence-corrected chi connectivity index (χ2v) is 4.25. The van der Waals surface area contributed by atoms with Crippen LogP contribution in [0.1, 0.15) is 19.3 Å². The molecular formula is C10H14ClN3O. The maximum Gasteiger partial charge on any atom is 0.134 e. The number of aliphatic hydroxyl groups excluding tert-OH is 1. The maximum absolute atomic E-state index is 9.76. The van der Waals surface area contributed by atoms with Crippen molar-refractivity contribution in [2.24, 2.45) is 5.92 Å². The molecule has 1 heterocycles. The summed E-state index contributed by atoms with van der Waals surface area (Å²) in [4.78, 5) is 7.78. The van der Waals surface area contributed by atoms with Crippen LogP contribution in [0.5, 0.6) is 0 Å². The van der Waals surface area contributed by atoms with E-state index in [0.717, 1.165) is 12.8 Å². The molecule has 4 nitrogen and oxygen atoms in total. The van der Waals surface area contributed by atoms with E-state index in [-0.39, 0.29) is 6.10 Å². The summed E-state index contributed by atoms with van der Waals surface area (Å²) >= 11 is 5.71. The van der Waals surface area contributed by atoms with Crippen molar-refractivity contribution in [3.63, 3.8) is 0 Å². The first kappa shape index (κ1) is 10.6. The van der Waals surface area contributed by atoms with Gasteiger partial charge in [-0.3, -0.25) is 0 Å². The number of halogens is 1. The Kier molecular flexibility index (Phi) is 3.38. The van der Waals surface area contributed by atoms with E-state index in [0.29, 0.717) is 23.4 Å². The van der Waals surface area contributed by atoms with Crippen LogP contribution in [0, 0.1) is 5.92 Å². The highest BCUT2D eigenvalue weighted by Crippen LogP contribution is 2.29. The number of nitrogens with zero attached hydrogens (tertiary/aromatic N) is 2. The lowest BCUT2D eigenvalue weighted by molar-refractivity contribution is 0.0729. The average molecular weight is 228 g/mol. The Morgan fingerprint density at radius 3 is 2.93 bits per heavy atom. The van der Waals surface area contributed by atoms with Gasteiger partial charge in [0.25, 0.3) is 0 Å². The predicted octanol–water partition coefficient (Wildman–Crippen LogP) is 1.70. The molecule has 82 valence electrons. The third-order valence-electron chi connectivity index (χ3n) is 2.82. The third kappa shape index (κ3) is 2.79. The summed E-state index contributed by atoms with van der Waals surface area (Å²) in [7, 11) is 0. The Morgan fingerprint density at radius 2 is 2.33 bits per heavy atom. The van der Waals surface area contributed by atoms with Gasteiger partial charge in [0.1, 0.15) is 17.3 Å². The van der Waals surface area contributed by atoms with Crippen molar-refractivity contribution in [1.82, 2.24) is 9.97 Å². The van der Waals surface area contributed by atoms with Gasteiger partial charge in [-0.05, 0) is 18.8 Å². The van der Waals surface area contributed by atoms with Crippen LogP contribution in [0.25, 0.3) is 0 Å². The highest BCUT2D eigenvalue weighted by molar-refractivity contribution is 6.29. The van der Waals surface area contributed by atoms with E-state index in [1.807, 2.05) is 0 Å². The third-order valence-corrected chi connectivity index (χ3v) is 3.03. The van der Waals surface area contributed by atoms with Gasteiger partial charge >= 0.3 is 0 Å². The van der Waals surface area contributed by atoms with Crippen molar-refractivity contribution >= 4 is 17.4 Å². The van der Waals surface area contributed by atoms with Crippen LogP contribution in [0.3, 0.4) is 0 Å². The summed E-state index contributed by atoms with van der Waals surface area (Å²) in [6.45, 7) is 0.526. The van der Waals surface area contributed by atoms with Gasteiger partial charge in [-0.25, -0.2) is 9.97 Å². The molecule has 2 rings (SSSR count). The van der Waals surface area contributed by atoms with Crippen LogP contribution >= 0.6 is 11.6 Å². The monoisotopic (exact) mass is 227 g/mol. The molecule has 0 spiro atoms. The molecule has 0 amide bonds. The summed E-state index contributed by atoms with van der Waals surface area (Å²) in [6.07, 6.45) is 4.62. The summed E-state index contributed by atoms with van der Waals surface area (Å²) < 4.78 is 0. The fourth-order valence-electron chi connectivity index (χ4n) is 1.63. The smallest absolute Gasteiger partial charge is 0.134 e. The lowest BCUT2D eigenvalue weighted by Gasteiger charge is -2.30. The van der Waals surface area contributed by atoms with Crippen molar-refractivity contribution in [2.75, 3.05) is 11.9 Å². The zero-order valence-corrected chi connectivity index (χ0v) is 9.11.